The molecule has 6 nitrogen and oxygen atoms in total. The van der Waals surface area contributed by atoms with Crippen LogP contribution in [-0.4, -0.2) is 25.1 Å². The van der Waals surface area contributed by atoms with E-state index in [0.717, 1.165) is 16.8 Å². The number of nitrogens with one attached hydrogen (secondary N) is 1. The van der Waals surface area contributed by atoms with Crippen molar-refractivity contribution in [3.8, 4) is 17.2 Å². The zero-order valence-electron chi connectivity index (χ0n) is 18.0. The number of hydrogen-bond acceptors (Lipinski definition) is 5. The highest BCUT2D eigenvalue weighted by atomic mass is 16.6. The van der Waals surface area contributed by atoms with Crippen molar-refractivity contribution in [2.75, 3.05) is 12.4 Å². The highest BCUT2D eigenvalue weighted by Gasteiger charge is 2.18. The molecule has 3 aromatic rings. The van der Waals surface area contributed by atoms with E-state index in [1.807, 2.05) is 32.0 Å². The van der Waals surface area contributed by atoms with Gasteiger partial charge in [0.05, 0.1) is 7.11 Å². The molecule has 0 fully saturated rings. The van der Waals surface area contributed by atoms with Crippen LogP contribution >= 0.6 is 0 Å². The summed E-state index contributed by atoms with van der Waals surface area (Å²) in [6.45, 7) is 5.56. The van der Waals surface area contributed by atoms with Crippen molar-refractivity contribution in [2.45, 2.75) is 26.9 Å². The van der Waals surface area contributed by atoms with Gasteiger partial charge in [-0.3, -0.25) is 4.79 Å². The molecule has 1 unspecified atom stereocenters. The number of hydrogen-bond donors (Lipinski definition) is 1. The second-order valence-corrected chi connectivity index (χ2v) is 7.15. The number of rotatable bonds is 7. The van der Waals surface area contributed by atoms with Gasteiger partial charge in [-0.2, -0.15) is 0 Å². The number of anilines is 1. The van der Waals surface area contributed by atoms with E-state index in [1.165, 1.54) is 0 Å². The summed E-state index contributed by atoms with van der Waals surface area (Å²) in [4.78, 5) is 24.8. The lowest BCUT2D eigenvalue weighted by molar-refractivity contribution is -0.141. The summed E-state index contributed by atoms with van der Waals surface area (Å²) in [5, 5.41) is 2.89. The molecule has 0 aliphatic heterocycles. The van der Waals surface area contributed by atoms with Crippen LogP contribution < -0.4 is 19.5 Å². The van der Waals surface area contributed by atoms with Gasteiger partial charge in [-0.15, -0.1) is 0 Å². The summed E-state index contributed by atoms with van der Waals surface area (Å²) in [5.41, 5.74) is 3.34. The molecule has 0 spiro atoms. The number of carbonyl (C=O) groups excluding carboxylic acids is 2. The molecule has 1 amide bonds. The van der Waals surface area contributed by atoms with Crippen LogP contribution in [0.25, 0.3) is 0 Å². The van der Waals surface area contributed by atoms with E-state index in [2.05, 4.69) is 5.32 Å². The monoisotopic (exact) mass is 419 g/mol. The lowest BCUT2D eigenvalue weighted by atomic mass is 10.1. The Morgan fingerprint density at radius 3 is 2.06 bits per heavy atom. The van der Waals surface area contributed by atoms with Crippen molar-refractivity contribution >= 4 is 17.6 Å². The van der Waals surface area contributed by atoms with Crippen molar-refractivity contribution < 1.29 is 23.8 Å². The topological polar surface area (TPSA) is 73.9 Å². The molecule has 3 aromatic carbocycles. The van der Waals surface area contributed by atoms with Gasteiger partial charge in [-0.25, -0.2) is 4.79 Å². The molecule has 0 heterocycles. The van der Waals surface area contributed by atoms with E-state index in [-0.39, 0.29) is 5.91 Å². The molecule has 1 atom stereocenters. The third kappa shape index (κ3) is 5.85. The number of benzene rings is 3. The SMILES string of the molecule is COc1ccc(OC(C)C(=O)Oc2ccc(C(=O)Nc3ccc(C)cc3C)cc2)cc1. The summed E-state index contributed by atoms with van der Waals surface area (Å²) >= 11 is 0. The third-order valence-corrected chi connectivity index (χ3v) is 4.67. The molecule has 1 N–H and O–H groups in total. The van der Waals surface area contributed by atoms with E-state index in [4.69, 9.17) is 14.2 Å². The summed E-state index contributed by atoms with van der Waals surface area (Å²) in [5.74, 6) is 0.787. The van der Waals surface area contributed by atoms with Crippen molar-refractivity contribution in [1.82, 2.24) is 0 Å². The predicted molar refractivity (Wildman–Crippen MR) is 119 cm³/mol. The first-order chi connectivity index (χ1) is 14.9. The Labute approximate surface area is 181 Å². The maximum Gasteiger partial charge on any atom is 0.352 e. The number of amides is 1. The fourth-order valence-corrected chi connectivity index (χ4v) is 2.93. The lowest BCUT2D eigenvalue weighted by Gasteiger charge is -2.14. The molecule has 0 saturated heterocycles. The molecule has 0 saturated carbocycles. The van der Waals surface area contributed by atoms with Crippen molar-refractivity contribution in [3.05, 3.63) is 83.4 Å². The highest BCUT2D eigenvalue weighted by Crippen LogP contribution is 2.20. The van der Waals surface area contributed by atoms with E-state index < -0.39 is 12.1 Å². The average molecular weight is 419 g/mol. The number of ether oxygens (including phenoxy) is 3. The van der Waals surface area contributed by atoms with Gasteiger partial charge in [0.25, 0.3) is 5.91 Å². The van der Waals surface area contributed by atoms with Crippen LogP contribution in [0, 0.1) is 13.8 Å². The smallest absolute Gasteiger partial charge is 0.352 e. The summed E-state index contributed by atoms with van der Waals surface area (Å²) in [7, 11) is 1.58. The largest absolute Gasteiger partial charge is 0.497 e. The third-order valence-electron chi connectivity index (χ3n) is 4.67. The Bertz CT molecular complexity index is 1060. The second-order valence-electron chi connectivity index (χ2n) is 7.15. The van der Waals surface area contributed by atoms with Crippen LogP contribution in [0.2, 0.25) is 0 Å². The molecule has 3 rings (SSSR count). The van der Waals surface area contributed by atoms with E-state index in [0.29, 0.717) is 22.8 Å². The molecule has 0 aliphatic rings. The Kier molecular flexibility index (Phi) is 6.92. The van der Waals surface area contributed by atoms with E-state index >= 15 is 0 Å². The zero-order chi connectivity index (χ0) is 22.4. The number of methoxy groups -OCH3 is 1. The quantitative estimate of drug-likeness (QED) is 0.434. The maximum atomic E-state index is 12.5. The molecular formula is C25H25NO5. The highest BCUT2D eigenvalue weighted by molar-refractivity contribution is 6.04. The Morgan fingerprint density at radius 2 is 1.45 bits per heavy atom. The van der Waals surface area contributed by atoms with Gasteiger partial charge in [-0.05, 0) is 80.9 Å². The van der Waals surface area contributed by atoms with Crippen LogP contribution in [0.3, 0.4) is 0 Å². The van der Waals surface area contributed by atoms with Crippen molar-refractivity contribution in [3.63, 3.8) is 0 Å². The predicted octanol–water partition coefficient (Wildman–Crippen LogP) is 4.94. The van der Waals surface area contributed by atoms with Crippen LogP contribution in [0.1, 0.15) is 28.4 Å². The van der Waals surface area contributed by atoms with Gasteiger partial charge in [0.1, 0.15) is 17.2 Å². The van der Waals surface area contributed by atoms with Gasteiger partial charge < -0.3 is 19.5 Å². The minimum Gasteiger partial charge on any atom is -0.497 e. The number of esters is 1. The van der Waals surface area contributed by atoms with Gasteiger partial charge in [0, 0.05) is 11.3 Å². The van der Waals surface area contributed by atoms with Gasteiger partial charge in [-0.1, -0.05) is 17.7 Å². The van der Waals surface area contributed by atoms with Gasteiger partial charge >= 0.3 is 5.97 Å². The molecule has 6 heteroatoms. The minimum atomic E-state index is -0.805. The molecule has 0 radical (unpaired) electrons. The summed E-state index contributed by atoms with van der Waals surface area (Å²) in [6, 6.07) is 19.1. The van der Waals surface area contributed by atoms with Gasteiger partial charge in [0.15, 0.2) is 6.10 Å². The Hall–Kier alpha value is -3.80. The van der Waals surface area contributed by atoms with E-state index in [1.54, 1.807) is 62.6 Å². The van der Waals surface area contributed by atoms with Crippen molar-refractivity contribution in [2.24, 2.45) is 0 Å². The first kappa shape index (κ1) is 21.9. The van der Waals surface area contributed by atoms with Crippen LogP contribution in [0.4, 0.5) is 5.69 Å². The Morgan fingerprint density at radius 1 is 0.839 bits per heavy atom. The molecule has 31 heavy (non-hydrogen) atoms. The van der Waals surface area contributed by atoms with Gasteiger partial charge in [0.2, 0.25) is 0 Å². The minimum absolute atomic E-state index is 0.235. The lowest BCUT2D eigenvalue weighted by Crippen LogP contribution is -2.28. The first-order valence-corrected chi connectivity index (χ1v) is 9.87. The normalized spacial score (nSPS) is 11.4. The second kappa shape index (κ2) is 9.80. The fourth-order valence-electron chi connectivity index (χ4n) is 2.93. The average Bonchev–Trinajstić information content (AvgIpc) is 2.76. The molecule has 160 valence electrons. The summed E-state index contributed by atoms with van der Waals surface area (Å²) < 4.78 is 16.1. The first-order valence-electron chi connectivity index (χ1n) is 9.87. The van der Waals surface area contributed by atoms with Crippen molar-refractivity contribution in [1.29, 1.82) is 0 Å². The molecule has 0 aliphatic carbocycles. The molecule has 0 bridgehead atoms. The Balaban J connectivity index is 1.57. The standard InChI is InChI=1S/C25H25NO5/c1-16-5-14-23(17(2)15-16)26-24(27)19-6-8-22(9-7-19)31-25(28)18(3)30-21-12-10-20(29-4)11-13-21/h5-15,18H,1-4H3,(H,26,27). The van der Waals surface area contributed by atoms with E-state index in [9.17, 15) is 9.59 Å². The molecule has 0 aromatic heterocycles. The number of carbonyl (C=O) groups is 2. The number of aryl methyl sites for hydroxylation is 2. The maximum absolute atomic E-state index is 12.5. The van der Waals surface area contributed by atoms with Crippen LogP contribution in [0.15, 0.2) is 66.7 Å². The zero-order valence-corrected chi connectivity index (χ0v) is 18.0. The fraction of sp³-hybridized carbons (Fsp3) is 0.200. The molecular weight excluding hydrogens is 394 g/mol. The summed E-state index contributed by atoms with van der Waals surface area (Å²) in [6.07, 6.45) is -0.805. The van der Waals surface area contributed by atoms with Crippen LogP contribution in [-0.2, 0) is 4.79 Å². The van der Waals surface area contributed by atoms with Crippen LogP contribution in [0.5, 0.6) is 17.2 Å².